The zero-order valence-electron chi connectivity index (χ0n) is 13.4. The topological polar surface area (TPSA) is 59.3 Å². The molecule has 0 bridgehead atoms. The molecular formula is C15H22N6OS. The summed E-state index contributed by atoms with van der Waals surface area (Å²) in [5, 5.41) is 1.06. The normalized spacial score (nSPS) is 19.6. The first-order valence-corrected chi connectivity index (χ1v) is 8.95. The zero-order chi connectivity index (χ0) is 15.6. The third kappa shape index (κ3) is 3.24. The van der Waals surface area contributed by atoms with Crippen molar-refractivity contribution >= 4 is 16.7 Å². The third-order valence-corrected chi connectivity index (χ3v) is 5.34. The van der Waals surface area contributed by atoms with Crippen molar-refractivity contribution in [1.82, 2.24) is 23.8 Å². The summed E-state index contributed by atoms with van der Waals surface area (Å²) in [5.41, 5.74) is 1.31. The molecule has 23 heavy (non-hydrogen) atoms. The Morgan fingerprint density at radius 3 is 3.04 bits per heavy atom. The highest BCUT2D eigenvalue weighted by atomic mass is 32.1. The second-order valence-corrected chi connectivity index (χ2v) is 6.84. The second-order valence-electron chi connectivity index (χ2n) is 6.11. The van der Waals surface area contributed by atoms with Crippen molar-refractivity contribution < 1.29 is 4.74 Å². The fraction of sp³-hybridized carbons (Fsp3) is 0.667. The molecule has 7 nitrogen and oxygen atoms in total. The summed E-state index contributed by atoms with van der Waals surface area (Å²) < 4.78 is 12.1. The van der Waals surface area contributed by atoms with Gasteiger partial charge in [-0.25, -0.2) is 9.97 Å². The van der Waals surface area contributed by atoms with Crippen LogP contribution in [0.5, 0.6) is 0 Å². The Balaban J connectivity index is 1.40. The summed E-state index contributed by atoms with van der Waals surface area (Å²) >= 11 is 1.51. The first-order chi connectivity index (χ1) is 11.3. The number of imidazole rings is 1. The maximum absolute atomic E-state index is 5.47. The molecule has 0 saturated carbocycles. The van der Waals surface area contributed by atoms with E-state index in [1.54, 1.807) is 0 Å². The third-order valence-electron chi connectivity index (χ3n) is 4.47. The molecule has 124 valence electrons. The largest absolute Gasteiger partial charge is 0.372 e. The summed E-state index contributed by atoms with van der Waals surface area (Å²) in [4.78, 5) is 13.9. The molecule has 0 unspecified atom stereocenters. The Kier molecular flexibility index (Phi) is 4.28. The van der Waals surface area contributed by atoms with E-state index in [9.17, 15) is 0 Å². The van der Waals surface area contributed by atoms with Crippen molar-refractivity contribution in [3.05, 3.63) is 23.5 Å². The molecule has 0 aromatic carbocycles. The van der Waals surface area contributed by atoms with E-state index >= 15 is 0 Å². The van der Waals surface area contributed by atoms with E-state index < -0.39 is 0 Å². The Morgan fingerprint density at radius 2 is 2.17 bits per heavy atom. The molecule has 2 aromatic rings. The Labute approximate surface area is 140 Å². The van der Waals surface area contributed by atoms with Crippen LogP contribution in [0.25, 0.3) is 0 Å². The van der Waals surface area contributed by atoms with Crippen LogP contribution in [-0.2, 0) is 24.4 Å². The summed E-state index contributed by atoms with van der Waals surface area (Å²) in [6, 6.07) is 0. The van der Waals surface area contributed by atoms with Crippen molar-refractivity contribution in [3.63, 3.8) is 0 Å². The molecule has 0 radical (unpaired) electrons. The molecule has 1 saturated heterocycles. The predicted molar refractivity (Wildman–Crippen MR) is 88.6 cm³/mol. The van der Waals surface area contributed by atoms with Gasteiger partial charge in [0.05, 0.1) is 12.3 Å². The lowest BCUT2D eigenvalue weighted by molar-refractivity contribution is 0.0796. The minimum absolute atomic E-state index is 0.643. The van der Waals surface area contributed by atoms with Gasteiger partial charge in [-0.2, -0.15) is 4.37 Å². The number of fused-ring (bicyclic) bond motifs is 1. The van der Waals surface area contributed by atoms with Crippen LogP contribution < -0.4 is 4.90 Å². The highest BCUT2D eigenvalue weighted by Gasteiger charge is 2.20. The fourth-order valence-corrected chi connectivity index (χ4v) is 3.98. The number of hydrogen-bond donors (Lipinski definition) is 0. The molecule has 0 amide bonds. The first kappa shape index (κ1) is 15.0. The van der Waals surface area contributed by atoms with Gasteiger partial charge >= 0.3 is 0 Å². The maximum atomic E-state index is 5.47. The van der Waals surface area contributed by atoms with Crippen molar-refractivity contribution in [1.29, 1.82) is 0 Å². The Bertz CT molecular complexity index is 669. The average molecular weight is 334 g/mol. The standard InChI is InChI=1S/C15H22N6OS/c1-12-17-15(23-18-12)20-4-2-3-19(5-6-20)10-13-9-16-14-11-22-8-7-21(13)14/h9H,2-8,10-11H2,1H3. The number of nitrogens with zero attached hydrogens (tertiary/aromatic N) is 6. The SMILES string of the molecule is Cc1nsc(N2CCCN(Cc3cnc4n3CCOC4)CC2)n1. The molecule has 2 aromatic heterocycles. The molecule has 4 heterocycles. The van der Waals surface area contributed by atoms with Gasteiger partial charge in [-0.15, -0.1) is 0 Å². The second kappa shape index (κ2) is 6.54. The van der Waals surface area contributed by atoms with Crippen molar-refractivity contribution in [2.75, 3.05) is 37.7 Å². The van der Waals surface area contributed by atoms with Crippen molar-refractivity contribution in [2.24, 2.45) is 0 Å². The first-order valence-electron chi connectivity index (χ1n) is 8.18. The van der Waals surface area contributed by atoms with E-state index in [0.717, 1.165) is 69.1 Å². The van der Waals surface area contributed by atoms with Crippen molar-refractivity contribution in [3.8, 4) is 0 Å². The lowest BCUT2D eigenvalue weighted by atomic mass is 10.3. The Hall–Kier alpha value is -1.51. The lowest BCUT2D eigenvalue weighted by Crippen LogP contribution is -2.31. The highest BCUT2D eigenvalue weighted by Crippen LogP contribution is 2.20. The number of aromatic nitrogens is 4. The van der Waals surface area contributed by atoms with Crippen LogP contribution >= 0.6 is 11.5 Å². The fourth-order valence-electron chi connectivity index (χ4n) is 3.25. The summed E-state index contributed by atoms with van der Waals surface area (Å²) in [6.45, 7) is 9.52. The van der Waals surface area contributed by atoms with Crippen molar-refractivity contribution in [2.45, 2.75) is 33.0 Å². The number of ether oxygens (including phenoxy) is 1. The van der Waals surface area contributed by atoms with Gasteiger partial charge in [0.25, 0.3) is 0 Å². The minimum Gasteiger partial charge on any atom is -0.372 e. The van der Waals surface area contributed by atoms with Crippen LogP contribution in [0.15, 0.2) is 6.20 Å². The zero-order valence-corrected chi connectivity index (χ0v) is 14.3. The van der Waals surface area contributed by atoms with E-state index in [0.29, 0.717) is 6.61 Å². The maximum Gasteiger partial charge on any atom is 0.205 e. The predicted octanol–water partition coefficient (Wildman–Crippen LogP) is 1.29. The van der Waals surface area contributed by atoms with E-state index in [1.807, 2.05) is 13.1 Å². The van der Waals surface area contributed by atoms with E-state index in [1.165, 1.54) is 17.2 Å². The van der Waals surface area contributed by atoms with Crippen LogP contribution in [0.3, 0.4) is 0 Å². The van der Waals surface area contributed by atoms with Crippen LogP contribution in [0.2, 0.25) is 0 Å². The highest BCUT2D eigenvalue weighted by molar-refractivity contribution is 7.09. The number of hydrogen-bond acceptors (Lipinski definition) is 7. The van der Waals surface area contributed by atoms with Gasteiger partial charge < -0.3 is 14.2 Å². The van der Waals surface area contributed by atoms with Crippen LogP contribution in [0.4, 0.5) is 5.13 Å². The van der Waals surface area contributed by atoms with Gasteiger partial charge in [0, 0.05) is 57.0 Å². The molecule has 4 rings (SSSR count). The molecule has 2 aliphatic rings. The molecule has 0 spiro atoms. The summed E-state index contributed by atoms with van der Waals surface area (Å²) in [5.74, 6) is 1.94. The molecule has 0 atom stereocenters. The quantitative estimate of drug-likeness (QED) is 0.843. The van der Waals surface area contributed by atoms with Gasteiger partial charge in [0.15, 0.2) is 0 Å². The molecule has 0 N–H and O–H groups in total. The van der Waals surface area contributed by atoms with Crippen LogP contribution in [-0.4, -0.2) is 56.6 Å². The van der Waals surface area contributed by atoms with Gasteiger partial charge in [-0.1, -0.05) is 0 Å². The van der Waals surface area contributed by atoms with Gasteiger partial charge in [0.2, 0.25) is 5.13 Å². The average Bonchev–Trinajstić information content (AvgIpc) is 3.09. The van der Waals surface area contributed by atoms with Gasteiger partial charge in [-0.05, 0) is 13.3 Å². The van der Waals surface area contributed by atoms with Gasteiger partial charge in [0.1, 0.15) is 18.3 Å². The minimum atomic E-state index is 0.643. The summed E-state index contributed by atoms with van der Waals surface area (Å²) in [7, 11) is 0. The number of rotatable bonds is 3. The monoisotopic (exact) mass is 334 g/mol. The van der Waals surface area contributed by atoms with E-state index in [-0.39, 0.29) is 0 Å². The molecule has 0 aliphatic carbocycles. The number of aryl methyl sites for hydroxylation is 1. The molecule has 8 heteroatoms. The molecule has 1 fully saturated rings. The van der Waals surface area contributed by atoms with Crippen LogP contribution in [0.1, 0.15) is 23.8 Å². The summed E-state index contributed by atoms with van der Waals surface area (Å²) in [6.07, 6.45) is 3.17. The van der Waals surface area contributed by atoms with E-state index in [2.05, 4.69) is 28.7 Å². The number of anilines is 1. The van der Waals surface area contributed by atoms with Crippen LogP contribution in [0, 0.1) is 6.92 Å². The molecular weight excluding hydrogens is 312 g/mol. The molecule has 2 aliphatic heterocycles. The smallest absolute Gasteiger partial charge is 0.205 e. The van der Waals surface area contributed by atoms with E-state index in [4.69, 9.17) is 4.74 Å². The lowest BCUT2D eigenvalue weighted by Gasteiger charge is -2.23. The van der Waals surface area contributed by atoms with Gasteiger partial charge in [-0.3, -0.25) is 4.90 Å². The Morgan fingerprint density at radius 1 is 1.22 bits per heavy atom.